The molecule has 4 heteroatoms. The van der Waals surface area contributed by atoms with E-state index in [1.165, 1.54) is 5.56 Å². The van der Waals surface area contributed by atoms with Crippen molar-refractivity contribution in [3.05, 3.63) is 48.0 Å². The second-order valence-electron chi connectivity index (χ2n) is 5.14. The Labute approximate surface area is 114 Å². The molecule has 1 N–H and O–H groups in total. The highest BCUT2D eigenvalue weighted by atomic mass is 15.3. The van der Waals surface area contributed by atoms with Crippen LogP contribution in [0.3, 0.4) is 0 Å². The molecule has 2 heterocycles. The Morgan fingerprint density at radius 2 is 2.11 bits per heavy atom. The van der Waals surface area contributed by atoms with Crippen LogP contribution in [0.4, 0.5) is 0 Å². The van der Waals surface area contributed by atoms with Crippen molar-refractivity contribution in [2.75, 3.05) is 7.05 Å². The minimum Gasteiger partial charge on any atom is -0.316 e. The average Bonchev–Trinajstić information content (AvgIpc) is 2.88. The summed E-state index contributed by atoms with van der Waals surface area (Å²) in [5.41, 5.74) is 2.39. The second kappa shape index (κ2) is 6.48. The quantitative estimate of drug-likeness (QED) is 0.864. The Bertz CT molecular complexity index is 490. The summed E-state index contributed by atoms with van der Waals surface area (Å²) in [6, 6.07) is 7.01. The van der Waals surface area contributed by atoms with E-state index in [0.717, 1.165) is 18.5 Å². The number of likely N-dealkylation sites (N-methyl/N-ethyl adjacent to an activating group) is 1. The molecule has 0 aliphatic heterocycles. The standard InChI is InChI=1S/C15H22N4/c1-12(2)19-8-6-14(18-19)10-15(16-3)9-13-5-4-7-17-11-13/h4-8,11-12,15-16H,9-10H2,1-3H3. The van der Waals surface area contributed by atoms with Crippen LogP contribution >= 0.6 is 0 Å². The summed E-state index contributed by atoms with van der Waals surface area (Å²) >= 11 is 0. The molecule has 2 rings (SSSR count). The van der Waals surface area contributed by atoms with Crippen LogP contribution in [-0.4, -0.2) is 27.9 Å². The summed E-state index contributed by atoms with van der Waals surface area (Å²) in [6.45, 7) is 4.28. The minimum atomic E-state index is 0.389. The zero-order valence-corrected chi connectivity index (χ0v) is 11.9. The van der Waals surface area contributed by atoms with Gasteiger partial charge in [0.15, 0.2) is 0 Å². The Morgan fingerprint density at radius 3 is 2.68 bits per heavy atom. The summed E-state index contributed by atoms with van der Waals surface area (Å²) in [7, 11) is 2.00. The van der Waals surface area contributed by atoms with Gasteiger partial charge in [0.25, 0.3) is 0 Å². The minimum absolute atomic E-state index is 0.389. The lowest BCUT2D eigenvalue weighted by atomic mass is 10.0. The van der Waals surface area contributed by atoms with Gasteiger partial charge in [0.05, 0.1) is 5.69 Å². The summed E-state index contributed by atoms with van der Waals surface area (Å²) in [5.74, 6) is 0. The molecule has 0 amide bonds. The van der Waals surface area contributed by atoms with Crippen LogP contribution in [0.1, 0.15) is 31.1 Å². The van der Waals surface area contributed by atoms with Crippen molar-refractivity contribution in [3.8, 4) is 0 Å². The smallest absolute Gasteiger partial charge is 0.0640 e. The molecule has 0 saturated heterocycles. The van der Waals surface area contributed by atoms with Gasteiger partial charge in [-0.05, 0) is 45.0 Å². The second-order valence-corrected chi connectivity index (χ2v) is 5.14. The Morgan fingerprint density at radius 1 is 1.26 bits per heavy atom. The number of rotatable bonds is 6. The third kappa shape index (κ3) is 3.89. The van der Waals surface area contributed by atoms with E-state index in [1.807, 2.05) is 30.2 Å². The molecule has 102 valence electrons. The number of hydrogen-bond acceptors (Lipinski definition) is 3. The maximum atomic E-state index is 4.60. The van der Waals surface area contributed by atoms with Crippen molar-refractivity contribution in [1.29, 1.82) is 0 Å². The SMILES string of the molecule is CNC(Cc1cccnc1)Cc1ccn(C(C)C)n1. The van der Waals surface area contributed by atoms with Crippen LogP contribution < -0.4 is 5.32 Å². The fraction of sp³-hybridized carbons (Fsp3) is 0.467. The lowest BCUT2D eigenvalue weighted by Crippen LogP contribution is -2.30. The maximum Gasteiger partial charge on any atom is 0.0640 e. The zero-order chi connectivity index (χ0) is 13.7. The topological polar surface area (TPSA) is 42.7 Å². The van der Waals surface area contributed by atoms with Crippen molar-refractivity contribution in [2.45, 2.75) is 38.8 Å². The first kappa shape index (κ1) is 13.7. The van der Waals surface area contributed by atoms with Crippen molar-refractivity contribution in [1.82, 2.24) is 20.1 Å². The molecule has 19 heavy (non-hydrogen) atoms. The first-order valence-electron chi connectivity index (χ1n) is 6.79. The van der Waals surface area contributed by atoms with E-state index < -0.39 is 0 Å². The molecule has 0 spiro atoms. The number of pyridine rings is 1. The molecule has 2 aromatic heterocycles. The van der Waals surface area contributed by atoms with E-state index >= 15 is 0 Å². The third-order valence-electron chi connectivity index (χ3n) is 3.26. The lowest BCUT2D eigenvalue weighted by molar-refractivity contribution is 0.508. The summed E-state index contributed by atoms with van der Waals surface area (Å²) < 4.78 is 2.01. The average molecular weight is 258 g/mol. The number of hydrogen-bond donors (Lipinski definition) is 1. The van der Waals surface area contributed by atoms with Gasteiger partial charge in [0, 0.05) is 37.1 Å². The molecule has 1 atom stereocenters. The van der Waals surface area contributed by atoms with E-state index in [1.54, 1.807) is 0 Å². The number of nitrogens with zero attached hydrogens (tertiary/aromatic N) is 3. The number of nitrogens with one attached hydrogen (secondary N) is 1. The van der Waals surface area contributed by atoms with Crippen LogP contribution in [0.2, 0.25) is 0 Å². The molecule has 0 bridgehead atoms. The monoisotopic (exact) mass is 258 g/mol. The highest BCUT2D eigenvalue weighted by molar-refractivity contribution is 5.12. The third-order valence-corrected chi connectivity index (χ3v) is 3.26. The van der Waals surface area contributed by atoms with Gasteiger partial charge < -0.3 is 5.32 Å². The molecular formula is C15H22N4. The van der Waals surface area contributed by atoms with Gasteiger partial charge in [-0.25, -0.2) is 0 Å². The summed E-state index contributed by atoms with van der Waals surface area (Å²) in [5, 5.41) is 7.96. The van der Waals surface area contributed by atoms with E-state index in [4.69, 9.17) is 0 Å². The molecule has 0 aliphatic rings. The van der Waals surface area contributed by atoms with Gasteiger partial charge in [-0.1, -0.05) is 6.07 Å². The van der Waals surface area contributed by atoms with Crippen molar-refractivity contribution >= 4 is 0 Å². The molecule has 0 aliphatic carbocycles. The predicted octanol–water partition coefficient (Wildman–Crippen LogP) is 2.23. The van der Waals surface area contributed by atoms with Crippen molar-refractivity contribution in [3.63, 3.8) is 0 Å². The number of aromatic nitrogens is 3. The van der Waals surface area contributed by atoms with Crippen LogP contribution in [-0.2, 0) is 12.8 Å². The van der Waals surface area contributed by atoms with Crippen LogP contribution in [0, 0.1) is 0 Å². The first-order valence-corrected chi connectivity index (χ1v) is 6.79. The fourth-order valence-corrected chi connectivity index (χ4v) is 2.11. The van der Waals surface area contributed by atoms with Crippen LogP contribution in [0.5, 0.6) is 0 Å². The maximum absolute atomic E-state index is 4.60. The van der Waals surface area contributed by atoms with Crippen LogP contribution in [0.15, 0.2) is 36.8 Å². The molecular weight excluding hydrogens is 236 g/mol. The van der Waals surface area contributed by atoms with E-state index in [2.05, 4.69) is 47.6 Å². The highest BCUT2D eigenvalue weighted by Crippen LogP contribution is 2.09. The zero-order valence-electron chi connectivity index (χ0n) is 11.9. The summed E-state index contributed by atoms with van der Waals surface area (Å²) in [6.07, 6.45) is 7.69. The Kier molecular flexibility index (Phi) is 4.68. The Balaban J connectivity index is 1.98. The van der Waals surface area contributed by atoms with Crippen LogP contribution in [0.25, 0.3) is 0 Å². The molecule has 0 saturated carbocycles. The van der Waals surface area contributed by atoms with E-state index in [9.17, 15) is 0 Å². The first-order chi connectivity index (χ1) is 9.19. The molecule has 4 nitrogen and oxygen atoms in total. The normalized spacial score (nSPS) is 12.8. The van der Waals surface area contributed by atoms with Gasteiger partial charge in [-0.3, -0.25) is 9.67 Å². The van der Waals surface area contributed by atoms with Gasteiger partial charge in [-0.15, -0.1) is 0 Å². The molecule has 0 radical (unpaired) electrons. The van der Waals surface area contributed by atoms with Crippen molar-refractivity contribution in [2.24, 2.45) is 0 Å². The predicted molar refractivity (Wildman–Crippen MR) is 77.1 cm³/mol. The van der Waals surface area contributed by atoms with E-state index in [-0.39, 0.29) is 0 Å². The van der Waals surface area contributed by atoms with Gasteiger partial charge in [0.2, 0.25) is 0 Å². The lowest BCUT2D eigenvalue weighted by Gasteiger charge is -2.14. The summed E-state index contributed by atoms with van der Waals surface area (Å²) in [4.78, 5) is 4.16. The highest BCUT2D eigenvalue weighted by Gasteiger charge is 2.11. The molecule has 0 fully saturated rings. The van der Waals surface area contributed by atoms with E-state index in [0.29, 0.717) is 12.1 Å². The molecule has 1 unspecified atom stereocenters. The molecule has 0 aromatic carbocycles. The fourth-order valence-electron chi connectivity index (χ4n) is 2.11. The molecule has 2 aromatic rings. The van der Waals surface area contributed by atoms with Crippen molar-refractivity contribution < 1.29 is 0 Å². The largest absolute Gasteiger partial charge is 0.316 e. The van der Waals surface area contributed by atoms with Gasteiger partial charge in [0.1, 0.15) is 0 Å². The van der Waals surface area contributed by atoms with Gasteiger partial charge >= 0.3 is 0 Å². The van der Waals surface area contributed by atoms with Gasteiger partial charge in [-0.2, -0.15) is 5.10 Å². The Hall–Kier alpha value is -1.68.